The Morgan fingerprint density at radius 1 is 1.32 bits per heavy atom. The first-order valence-corrected chi connectivity index (χ1v) is 6.75. The average Bonchev–Trinajstić information content (AvgIpc) is 2.86. The van der Waals surface area contributed by atoms with E-state index in [4.69, 9.17) is 0 Å². The van der Waals surface area contributed by atoms with Gasteiger partial charge in [0.2, 0.25) is 0 Å². The van der Waals surface area contributed by atoms with Gasteiger partial charge in [0.25, 0.3) is 0 Å². The molecule has 19 heavy (non-hydrogen) atoms. The van der Waals surface area contributed by atoms with E-state index < -0.39 is 6.10 Å². The summed E-state index contributed by atoms with van der Waals surface area (Å²) in [6, 6.07) is 8.05. The van der Waals surface area contributed by atoms with Crippen molar-refractivity contribution in [1.82, 2.24) is 14.8 Å². The highest BCUT2D eigenvalue weighted by atomic mass is 16.3. The molecule has 2 unspecified atom stereocenters. The maximum atomic E-state index is 10.2. The van der Waals surface area contributed by atoms with E-state index in [1.165, 1.54) is 0 Å². The van der Waals surface area contributed by atoms with Crippen molar-refractivity contribution < 1.29 is 5.11 Å². The fourth-order valence-corrected chi connectivity index (χ4v) is 1.97. The normalized spacial score (nSPS) is 14.3. The van der Waals surface area contributed by atoms with Gasteiger partial charge in [-0.05, 0) is 38.5 Å². The Bertz CT molecular complexity index is 536. The van der Waals surface area contributed by atoms with Gasteiger partial charge in [0.15, 0.2) is 0 Å². The summed E-state index contributed by atoms with van der Waals surface area (Å²) in [7, 11) is 0. The number of aryl methyl sites for hydroxylation is 1. The molecule has 0 radical (unpaired) electrons. The van der Waals surface area contributed by atoms with Gasteiger partial charge < -0.3 is 5.11 Å². The summed E-state index contributed by atoms with van der Waals surface area (Å²) in [4.78, 5) is 4.34. The third kappa shape index (κ3) is 3.41. The standard InChI is InChI=1S/C15H21N3O/c1-4-12(3)18-9-8-13(17-18)10-15(19)14-7-5-6-11(2)16-14/h5-9,12,15,19H,4,10H2,1-3H3. The Balaban J connectivity index is 2.06. The molecule has 2 rings (SSSR count). The van der Waals surface area contributed by atoms with Gasteiger partial charge in [-0.2, -0.15) is 5.10 Å². The summed E-state index contributed by atoms with van der Waals surface area (Å²) in [5.41, 5.74) is 2.52. The molecule has 0 aliphatic rings. The summed E-state index contributed by atoms with van der Waals surface area (Å²) in [6.45, 7) is 6.20. The van der Waals surface area contributed by atoms with E-state index in [2.05, 4.69) is 23.9 Å². The first-order chi connectivity index (χ1) is 9.10. The highest BCUT2D eigenvalue weighted by Crippen LogP contribution is 2.17. The minimum atomic E-state index is -0.597. The van der Waals surface area contributed by atoms with Gasteiger partial charge in [0.1, 0.15) is 6.10 Å². The fraction of sp³-hybridized carbons (Fsp3) is 0.467. The minimum absolute atomic E-state index is 0.392. The van der Waals surface area contributed by atoms with Crippen LogP contribution < -0.4 is 0 Å². The van der Waals surface area contributed by atoms with Crippen LogP contribution in [0.2, 0.25) is 0 Å². The zero-order valence-electron chi connectivity index (χ0n) is 11.7. The molecule has 0 amide bonds. The van der Waals surface area contributed by atoms with Crippen molar-refractivity contribution in [3.63, 3.8) is 0 Å². The lowest BCUT2D eigenvalue weighted by molar-refractivity contribution is 0.172. The Labute approximate surface area is 114 Å². The third-order valence-corrected chi connectivity index (χ3v) is 3.36. The quantitative estimate of drug-likeness (QED) is 0.898. The number of hydrogen-bond acceptors (Lipinski definition) is 3. The monoisotopic (exact) mass is 259 g/mol. The smallest absolute Gasteiger partial charge is 0.102 e. The zero-order chi connectivity index (χ0) is 13.8. The summed E-state index contributed by atoms with van der Waals surface area (Å²) in [5, 5.41) is 14.7. The van der Waals surface area contributed by atoms with Gasteiger partial charge in [-0.3, -0.25) is 9.67 Å². The lowest BCUT2D eigenvalue weighted by Crippen LogP contribution is -2.08. The molecule has 2 aromatic heterocycles. The molecular formula is C15H21N3O. The second-order valence-electron chi connectivity index (χ2n) is 4.97. The van der Waals surface area contributed by atoms with Crippen LogP contribution in [0.5, 0.6) is 0 Å². The molecule has 2 atom stereocenters. The molecule has 4 nitrogen and oxygen atoms in total. The predicted octanol–water partition coefficient (Wildman–Crippen LogP) is 2.83. The van der Waals surface area contributed by atoms with E-state index in [1.54, 1.807) is 0 Å². The number of hydrogen-bond donors (Lipinski definition) is 1. The summed E-state index contributed by atoms with van der Waals surface area (Å²) in [6.07, 6.45) is 2.92. The fourth-order valence-electron chi connectivity index (χ4n) is 1.97. The summed E-state index contributed by atoms with van der Waals surface area (Å²) >= 11 is 0. The molecule has 0 aromatic carbocycles. The van der Waals surface area contributed by atoms with Gasteiger partial charge in [-0.1, -0.05) is 13.0 Å². The van der Waals surface area contributed by atoms with Crippen molar-refractivity contribution in [1.29, 1.82) is 0 Å². The van der Waals surface area contributed by atoms with Gasteiger partial charge in [-0.15, -0.1) is 0 Å². The molecule has 0 spiro atoms. The average molecular weight is 259 g/mol. The van der Waals surface area contributed by atoms with Crippen molar-refractivity contribution in [2.24, 2.45) is 0 Å². The lowest BCUT2D eigenvalue weighted by Gasteiger charge is -2.10. The minimum Gasteiger partial charge on any atom is -0.386 e. The lowest BCUT2D eigenvalue weighted by atomic mass is 10.1. The zero-order valence-corrected chi connectivity index (χ0v) is 11.7. The van der Waals surface area contributed by atoms with Gasteiger partial charge in [0, 0.05) is 24.4 Å². The number of pyridine rings is 1. The molecule has 0 aliphatic heterocycles. The molecule has 102 valence electrons. The van der Waals surface area contributed by atoms with Gasteiger partial charge in [0.05, 0.1) is 11.4 Å². The molecule has 4 heteroatoms. The maximum Gasteiger partial charge on any atom is 0.102 e. The summed E-state index contributed by atoms with van der Waals surface area (Å²) < 4.78 is 1.95. The topological polar surface area (TPSA) is 50.9 Å². The summed E-state index contributed by atoms with van der Waals surface area (Å²) in [5.74, 6) is 0. The van der Waals surface area contributed by atoms with Gasteiger partial charge in [-0.25, -0.2) is 0 Å². The van der Waals surface area contributed by atoms with E-state index in [0.717, 1.165) is 17.8 Å². The Hall–Kier alpha value is -1.68. The van der Waals surface area contributed by atoms with Crippen LogP contribution in [-0.4, -0.2) is 19.9 Å². The second kappa shape index (κ2) is 5.97. The third-order valence-electron chi connectivity index (χ3n) is 3.36. The van der Waals surface area contributed by atoms with Crippen molar-refractivity contribution in [3.05, 3.63) is 47.5 Å². The van der Waals surface area contributed by atoms with E-state index in [0.29, 0.717) is 18.2 Å². The highest BCUT2D eigenvalue weighted by Gasteiger charge is 2.13. The molecule has 0 saturated heterocycles. The van der Waals surface area contributed by atoms with Crippen LogP contribution in [0.25, 0.3) is 0 Å². The van der Waals surface area contributed by atoms with Crippen LogP contribution in [0, 0.1) is 6.92 Å². The molecule has 2 aromatic rings. The van der Waals surface area contributed by atoms with E-state index in [9.17, 15) is 5.11 Å². The van der Waals surface area contributed by atoms with Crippen LogP contribution in [0.15, 0.2) is 30.5 Å². The largest absolute Gasteiger partial charge is 0.386 e. The molecule has 0 saturated carbocycles. The molecule has 1 N–H and O–H groups in total. The van der Waals surface area contributed by atoms with E-state index in [-0.39, 0.29) is 0 Å². The van der Waals surface area contributed by atoms with Crippen LogP contribution in [0.1, 0.15) is 49.5 Å². The number of aliphatic hydroxyl groups excluding tert-OH is 1. The van der Waals surface area contributed by atoms with Gasteiger partial charge >= 0.3 is 0 Å². The molecule has 0 aliphatic carbocycles. The predicted molar refractivity (Wildman–Crippen MR) is 74.9 cm³/mol. The Kier molecular flexibility index (Phi) is 4.32. The van der Waals surface area contributed by atoms with Crippen molar-refractivity contribution in [2.45, 2.75) is 45.8 Å². The highest BCUT2D eigenvalue weighted by molar-refractivity contribution is 5.14. The van der Waals surface area contributed by atoms with Crippen LogP contribution in [0.3, 0.4) is 0 Å². The Morgan fingerprint density at radius 3 is 2.79 bits per heavy atom. The van der Waals surface area contributed by atoms with Crippen LogP contribution in [-0.2, 0) is 6.42 Å². The van der Waals surface area contributed by atoms with Crippen molar-refractivity contribution in [3.8, 4) is 0 Å². The van der Waals surface area contributed by atoms with E-state index in [1.807, 2.05) is 42.1 Å². The Morgan fingerprint density at radius 2 is 2.11 bits per heavy atom. The first kappa shape index (κ1) is 13.7. The molecular weight excluding hydrogens is 238 g/mol. The number of nitrogens with zero attached hydrogens (tertiary/aromatic N) is 3. The number of aromatic nitrogens is 3. The first-order valence-electron chi connectivity index (χ1n) is 6.75. The van der Waals surface area contributed by atoms with Crippen LogP contribution in [0.4, 0.5) is 0 Å². The number of aliphatic hydroxyl groups is 1. The SMILES string of the molecule is CCC(C)n1ccc(CC(O)c2cccc(C)n2)n1. The van der Waals surface area contributed by atoms with E-state index >= 15 is 0 Å². The van der Waals surface area contributed by atoms with Crippen molar-refractivity contribution in [2.75, 3.05) is 0 Å². The second-order valence-corrected chi connectivity index (χ2v) is 4.97. The molecule has 0 fully saturated rings. The van der Waals surface area contributed by atoms with Crippen LogP contribution >= 0.6 is 0 Å². The molecule has 2 heterocycles. The molecule has 0 bridgehead atoms. The van der Waals surface area contributed by atoms with Crippen molar-refractivity contribution >= 4 is 0 Å². The maximum absolute atomic E-state index is 10.2. The number of rotatable bonds is 5.